The second-order valence-corrected chi connectivity index (χ2v) is 15.7. The minimum absolute atomic E-state index is 0.114. The van der Waals surface area contributed by atoms with Crippen LogP contribution in [0.1, 0.15) is 69.6 Å². The van der Waals surface area contributed by atoms with Crippen molar-refractivity contribution in [1.82, 2.24) is 14.7 Å². The van der Waals surface area contributed by atoms with E-state index in [2.05, 4.69) is 36.0 Å². The quantitative estimate of drug-likeness (QED) is 0.0848. The number of ether oxygens (including phenoxy) is 2. The molecule has 9 atom stereocenters. The van der Waals surface area contributed by atoms with Gasteiger partial charge in [0.25, 0.3) is 0 Å². The molecular weight excluding hydrogens is 738 g/mol. The van der Waals surface area contributed by atoms with Crippen LogP contribution >= 0.6 is 15.9 Å². The van der Waals surface area contributed by atoms with Crippen LogP contribution < -0.4 is 0 Å². The van der Waals surface area contributed by atoms with Crippen molar-refractivity contribution in [3.05, 3.63) is 97.1 Å². The van der Waals surface area contributed by atoms with Crippen LogP contribution in [0, 0.1) is 11.8 Å². The van der Waals surface area contributed by atoms with Crippen molar-refractivity contribution < 1.29 is 33.8 Å². The van der Waals surface area contributed by atoms with Crippen LogP contribution in [0.3, 0.4) is 0 Å². The Bertz CT molecular complexity index is 1610. The van der Waals surface area contributed by atoms with E-state index in [4.69, 9.17) is 9.47 Å². The molecule has 0 aliphatic carbocycles. The van der Waals surface area contributed by atoms with Crippen LogP contribution in [0.5, 0.6) is 0 Å². The van der Waals surface area contributed by atoms with E-state index in [-0.39, 0.29) is 36.2 Å². The minimum atomic E-state index is -1.34. The lowest BCUT2D eigenvalue weighted by Gasteiger charge is -2.39. The van der Waals surface area contributed by atoms with Gasteiger partial charge in [-0.15, -0.1) is 13.2 Å². The topological polar surface area (TPSA) is 117 Å². The Hall–Kier alpha value is -3.80. The molecule has 3 aliphatic heterocycles. The first kappa shape index (κ1) is 40.4. The summed E-state index contributed by atoms with van der Waals surface area (Å²) in [5.74, 6) is -3.49. The van der Waals surface area contributed by atoms with Gasteiger partial charge in [0, 0.05) is 31.4 Å². The fraction of sp³-hybridized carbons (Fsp3) is 0.524. The van der Waals surface area contributed by atoms with Crippen LogP contribution in [-0.2, 0) is 35.1 Å². The number of esters is 1. The Morgan fingerprint density at radius 1 is 1.09 bits per heavy atom. The van der Waals surface area contributed by atoms with Crippen molar-refractivity contribution >= 4 is 39.6 Å². The maximum Gasteiger partial charge on any atom is 0.313 e. The molecule has 3 amide bonds. The summed E-state index contributed by atoms with van der Waals surface area (Å²) in [6, 6.07) is 16.4. The summed E-state index contributed by atoms with van der Waals surface area (Å²) in [7, 11) is 1.69. The largest absolute Gasteiger partial charge is 0.455 e. The van der Waals surface area contributed by atoms with Crippen molar-refractivity contribution in [2.45, 2.75) is 99.6 Å². The predicted octanol–water partition coefficient (Wildman–Crippen LogP) is 5.64. The molecule has 1 spiro atoms. The van der Waals surface area contributed by atoms with Gasteiger partial charge in [-0.2, -0.15) is 0 Å². The Kier molecular flexibility index (Phi) is 13.7. The van der Waals surface area contributed by atoms with E-state index < -0.39 is 59.6 Å². The highest BCUT2D eigenvalue weighted by Crippen LogP contribution is 2.61. The summed E-state index contributed by atoms with van der Waals surface area (Å²) in [5.41, 5.74) is 0.265. The lowest BCUT2D eigenvalue weighted by atomic mass is 9.70. The standard InChI is InChI=1S/C42H54BrN3O7/c1-6-9-17-24-45(23-8-3)40(50)38-42-26-32(43)37(53-42)34(35(42)39(49)46(38)31(27-47)25-29-18-13-11-14-19-29)41(51)52-36(30-20-15-12-16-21-30)28(4)44(5)33(48)22-10-7-2/h7-8,11-16,18-21,28,31-32,34-38,47H,2-3,6,9-10,17,22-27H2,1,4-5H3/t28-,31-,32?,34+,35-,36+,37+,38+,42-/m1/s1. The predicted molar refractivity (Wildman–Crippen MR) is 207 cm³/mol. The third-order valence-corrected chi connectivity index (χ3v) is 12.1. The number of likely N-dealkylation sites (tertiary alicyclic amines) is 1. The van der Waals surface area contributed by atoms with Crippen LogP contribution in [0.15, 0.2) is 86.0 Å². The fourth-order valence-corrected chi connectivity index (χ4v) is 9.39. The Morgan fingerprint density at radius 3 is 2.40 bits per heavy atom. The molecule has 0 aromatic heterocycles. The van der Waals surface area contributed by atoms with Crippen molar-refractivity contribution in [2.24, 2.45) is 11.8 Å². The molecule has 3 heterocycles. The van der Waals surface area contributed by atoms with E-state index in [1.807, 2.05) is 67.6 Å². The van der Waals surface area contributed by atoms with Crippen molar-refractivity contribution in [3.8, 4) is 0 Å². The monoisotopic (exact) mass is 791 g/mol. The average molecular weight is 793 g/mol. The minimum Gasteiger partial charge on any atom is -0.455 e. The molecule has 2 aromatic rings. The molecule has 3 fully saturated rings. The molecule has 2 aromatic carbocycles. The summed E-state index contributed by atoms with van der Waals surface area (Å²) in [5, 5.41) is 10.9. The van der Waals surface area contributed by atoms with E-state index in [9.17, 15) is 24.3 Å². The number of nitrogens with zero attached hydrogens (tertiary/aromatic N) is 3. The normalized spacial score (nSPS) is 26.0. The van der Waals surface area contributed by atoms with E-state index in [1.54, 1.807) is 29.0 Å². The van der Waals surface area contributed by atoms with Gasteiger partial charge < -0.3 is 29.3 Å². The maximum atomic E-state index is 15.0. The molecule has 3 saturated heterocycles. The smallest absolute Gasteiger partial charge is 0.313 e. The third-order valence-electron chi connectivity index (χ3n) is 11.2. The van der Waals surface area contributed by atoms with Gasteiger partial charge in [-0.25, -0.2) is 0 Å². The summed E-state index contributed by atoms with van der Waals surface area (Å²) in [6.45, 7) is 11.9. The lowest BCUT2D eigenvalue weighted by Crippen LogP contribution is -2.59. The summed E-state index contributed by atoms with van der Waals surface area (Å²) in [6.07, 6.45) is 5.89. The van der Waals surface area contributed by atoms with Gasteiger partial charge in [0.2, 0.25) is 17.7 Å². The van der Waals surface area contributed by atoms with Crippen LogP contribution in [0.4, 0.5) is 0 Å². The molecule has 3 aliphatic rings. The van der Waals surface area contributed by atoms with Crippen molar-refractivity contribution in [1.29, 1.82) is 0 Å². The molecule has 1 unspecified atom stereocenters. The van der Waals surface area contributed by atoms with Crippen LogP contribution in [-0.4, -0.2) is 105 Å². The fourth-order valence-electron chi connectivity index (χ4n) is 8.44. The number of amides is 3. The SMILES string of the molecule is C=CCCC(=O)N(C)[C@H](C)[C@H](OC(=O)[C@@H]1[C@H]2O[C@@]3(CC2Br)[C@H](C(=O)N(CC=C)CCCCC)N([C@@H](CO)Cc2ccccc2)C(=O)[C@@H]13)c1ccccc1. The van der Waals surface area contributed by atoms with Gasteiger partial charge in [0.05, 0.1) is 36.6 Å². The maximum absolute atomic E-state index is 15.0. The second kappa shape index (κ2) is 18.0. The highest BCUT2D eigenvalue weighted by molar-refractivity contribution is 9.09. The third kappa shape index (κ3) is 8.17. The number of fused-ring (bicyclic) bond motifs is 1. The summed E-state index contributed by atoms with van der Waals surface area (Å²) >= 11 is 3.77. The number of unbranched alkanes of at least 4 members (excludes halogenated alkanes) is 2. The van der Waals surface area contributed by atoms with E-state index >= 15 is 0 Å². The molecule has 53 heavy (non-hydrogen) atoms. The number of aliphatic hydroxyl groups excluding tert-OH is 1. The number of aliphatic hydroxyl groups is 1. The highest BCUT2D eigenvalue weighted by atomic mass is 79.9. The molecule has 0 radical (unpaired) electrons. The van der Waals surface area contributed by atoms with Crippen LogP contribution in [0.2, 0.25) is 0 Å². The first-order valence-electron chi connectivity index (χ1n) is 18.8. The molecule has 0 saturated carbocycles. The first-order chi connectivity index (χ1) is 25.5. The van der Waals surface area contributed by atoms with Crippen LogP contribution in [0.25, 0.3) is 0 Å². The lowest BCUT2D eigenvalue weighted by molar-refractivity contribution is -0.165. The van der Waals surface area contributed by atoms with Gasteiger partial charge in [0.15, 0.2) is 0 Å². The number of allylic oxidation sites excluding steroid dienone is 1. The Morgan fingerprint density at radius 2 is 1.77 bits per heavy atom. The number of rotatable bonds is 19. The number of hydrogen-bond acceptors (Lipinski definition) is 7. The van der Waals surface area contributed by atoms with E-state index in [1.165, 1.54) is 4.90 Å². The van der Waals surface area contributed by atoms with Crippen molar-refractivity contribution in [2.75, 3.05) is 26.7 Å². The van der Waals surface area contributed by atoms with Gasteiger partial charge in [0.1, 0.15) is 17.7 Å². The zero-order valence-corrected chi connectivity index (χ0v) is 32.7. The Labute approximate surface area is 322 Å². The molecule has 11 heteroatoms. The Balaban J connectivity index is 1.54. The number of halogens is 1. The molecular formula is C42H54BrN3O7. The van der Waals surface area contributed by atoms with Gasteiger partial charge in [-0.05, 0) is 43.7 Å². The molecule has 2 bridgehead atoms. The number of benzene rings is 2. The number of carbonyl (C=O) groups excluding carboxylic acids is 4. The molecule has 286 valence electrons. The van der Waals surface area contributed by atoms with E-state index in [0.29, 0.717) is 31.4 Å². The molecule has 5 rings (SSSR count). The molecule has 10 nitrogen and oxygen atoms in total. The summed E-state index contributed by atoms with van der Waals surface area (Å²) < 4.78 is 13.2. The zero-order valence-electron chi connectivity index (χ0n) is 31.1. The number of alkyl halides is 1. The zero-order chi connectivity index (χ0) is 38.3. The number of carbonyl (C=O) groups is 4. The summed E-state index contributed by atoms with van der Waals surface area (Å²) in [4.78, 5) is 62.1. The van der Waals surface area contributed by atoms with Gasteiger partial charge >= 0.3 is 5.97 Å². The highest BCUT2D eigenvalue weighted by Gasteiger charge is 2.77. The average Bonchev–Trinajstić information content (AvgIpc) is 3.77. The van der Waals surface area contributed by atoms with Gasteiger partial charge in [-0.1, -0.05) is 109 Å². The van der Waals surface area contributed by atoms with Crippen molar-refractivity contribution in [3.63, 3.8) is 0 Å². The second-order valence-electron chi connectivity index (χ2n) is 14.6. The molecule has 1 N–H and O–H groups in total. The first-order valence-corrected chi connectivity index (χ1v) is 19.8. The number of hydrogen-bond donors (Lipinski definition) is 1. The van der Waals surface area contributed by atoms with Gasteiger partial charge in [-0.3, -0.25) is 19.2 Å². The number of likely N-dealkylation sites (N-methyl/N-ethyl adjacent to an activating group) is 1. The van der Waals surface area contributed by atoms with E-state index in [0.717, 1.165) is 24.8 Å².